The summed E-state index contributed by atoms with van der Waals surface area (Å²) in [6, 6.07) is 0. The van der Waals surface area contributed by atoms with E-state index in [1.165, 1.54) is 141 Å². The molecule has 1 rings (SSSR count). The Bertz CT molecular complexity index is 530. The molecule has 0 aliphatic carbocycles. The highest BCUT2D eigenvalue weighted by molar-refractivity contribution is 5.66. The molecule has 36 heavy (non-hydrogen) atoms. The van der Waals surface area contributed by atoms with Gasteiger partial charge in [0.25, 0.3) is 0 Å². The van der Waals surface area contributed by atoms with Crippen LogP contribution in [0, 0.1) is 0 Å². The summed E-state index contributed by atoms with van der Waals surface area (Å²) in [5.74, 6) is -0.659. The molecule has 1 heterocycles. The minimum Gasteiger partial charge on any atom is -0.481 e. The van der Waals surface area contributed by atoms with Gasteiger partial charge < -0.3 is 9.67 Å². The summed E-state index contributed by atoms with van der Waals surface area (Å²) in [7, 11) is 0. The largest absolute Gasteiger partial charge is 0.481 e. The van der Waals surface area contributed by atoms with Crippen molar-refractivity contribution in [3.05, 3.63) is 18.7 Å². The Hall–Kier alpha value is -1.32. The monoisotopic (exact) mass is 506 g/mol. The molecular weight excluding hydrogens is 444 g/mol. The third-order valence-electron chi connectivity index (χ3n) is 7.07. The van der Waals surface area contributed by atoms with Crippen molar-refractivity contribution < 1.29 is 9.90 Å². The second-order valence-electron chi connectivity index (χ2n) is 10.7. The summed E-state index contributed by atoms with van der Waals surface area (Å²) < 4.78 is 2.18. The van der Waals surface area contributed by atoms with Crippen molar-refractivity contribution in [1.29, 1.82) is 0 Å². The standard InChI is InChI=1S/C20H38N2.C12H24O2/c1-2-3-4-5-6-7-8-9-10-11-12-13-14-15-16-18-22-19-17-21-20-22;1-2-3-4-5-6-7-8-9-10-11-12(13)14/h17,19-20H,2-16,18H2,1H3;2-11H2,1H3,(H,13,14). The molecule has 0 fully saturated rings. The van der Waals surface area contributed by atoms with Gasteiger partial charge in [-0.1, -0.05) is 155 Å². The second-order valence-corrected chi connectivity index (χ2v) is 10.7. The average Bonchev–Trinajstić information content (AvgIpc) is 3.39. The predicted octanol–water partition coefficient (Wildman–Crippen LogP) is 10.7. The zero-order chi connectivity index (χ0) is 26.4. The number of carbonyl (C=O) groups is 1. The molecule has 0 saturated carbocycles. The van der Waals surface area contributed by atoms with Crippen molar-refractivity contribution in [2.24, 2.45) is 0 Å². The summed E-state index contributed by atoms with van der Waals surface area (Å²) in [5.41, 5.74) is 0. The van der Waals surface area contributed by atoms with Crippen LogP contribution >= 0.6 is 0 Å². The van der Waals surface area contributed by atoms with Crippen LogP contribution in [-0.2, 0) is 11.3 Å². The van der Waals surface area contributed by atoms with Gasteiger partial charge in [0.15, 0.2) is 0 Å². The number of imidazole rings is 1. The van der Waals surface area contributed by atoms with Crippen LogP contribution in [0.2, 0.25) is 0 Å². The first-order valence-corrected chi connectivity index (χ1v) is 15.9. The van der Waals surface area contributed by atoms with E-state index >= 15 is 0 Å². The Morgan fingerprint density at radius 3 is 1.28 bits per heavy atom. The molecule has 1 aromatic rings. The van der Waals surface area contributed by atoms with E-state index in [2.05, 4.69) is 29.6 Å². The van der Waals surface area contributed by atoms with E-state index in [9.17, 15) is 4.79 Å². The Morgan fingerprint density at radius 2 is 0.944 bits per heavy atom. The van der Waals surface area contributed by atoms with Crippen LogP contribution in [0.5, 0.6) is 0 Å². The molecule has 4 heteroatoms. The number of carboxylic acids is 1. The van der Waals surface area contributed by atoms with Crippen molar-refractivity contribution in [2.45, 2.75) is 181 Å². The lowest BCUT2D eigenvalue weighted by molar-refractivity contribution is -0.137. The first kappa shape index (κ1) is 34.7. The third kappa shape index (κ3) is 28.9. The fourth-order valence-electron chi connectivity index (χ4n) is 4.67. The summed E-state index contributed by atoms with van der Waals surface area (Å²) in [5, 5.41) is 8.41. The molecule has 0 saturated heterocycles. The smallest absolute Gasteiger partial charge is 0.303 e. The highest BCUT2D eigenvalue weighted by Gasteiger charge is 1.97. The van der Waals surface area contributed by atoms with Crippen LogP contribution in [-0.4, -0.2) is 20.6 Å². The minimum atomic E-state index is -0.659. The van der Waals surface area contributed by atoms with Crippen LogP contribution in [0.3, 0.4) is 0 Å². The summed E-state index contributed by atoms with van der Waals surface area (Å²) in [4.78, 5) is 14.3. The summed E-state index contributed by atoms with van der Waals surface area (Å²) >= 11 is 0. The van der Waals surface area contributed by atoms with Crippen LogP contribution in [0.4, 0.5) is 0 Å². The molecule has 0 spiro atoms. The Balaban J connectivity index is 0.000000757. The number of aromatic nitrogens is 2. The number of hydrogen-bond donors (Lipinski definition) is 1. The van der Waals surface area contributed by atoms with Gasteiger partial charge in [0.05, 0.1) is 6.33 Å². The summed E-state index contributed by atoms with van der Waals surface area (Å²) in [6.45, 7) is 5.66. The second kappa shape index (κ2) is 29.9. The lowest BCUT2D eigenvalue weighted by Gasteiger charge is -2.04. The highest BCUT2D eigenvalue weighted by atomic mass is 16.4. The van der Waals surface area contributed by atoms with Gasteiger partial charge in [-0.2, -0.15) is 0 Å². The number of carboxylic acid groups (broad SMARTS) is 1. The molecule has 0 atom stereocenters. The molecule has 0 aliphatic rings. The predicted molar refractivity (Wildman–Crippen MR) is 157 cm³/mol. The van der Waals surface area contributed by atoms with Gasteiger partial charge in [-0.3, -0.25) is 4.79 Å². The Labute approximate surface area is 225 Å². The maximum atomic E-state index is 10.2. The van der Waals surface area contributed by atoms with E-state index in [0.29, 0.717) is 6.42 Å². The van der Waals surface area contributed by atoms with Crippen LogP contribution in [0.25, 0.3) is 0 Å². The van der Waals surface area contributed by atoms with Crippen molar-refractivity contribution in [3.63, 3.8) is 0 Å². The van der Waals surface area contributed by atoms with Crippen molar-refractivity contribution in [3.8, 4) is 0 Å². The van der Waals surface area contributed by atoms with E-state index in [0.717, 1.165) is 19.4 Å². The molecule has 0 unspecified atom stereocenters. The van der Waals surface area contributed by atoms with Gasteiger partial charge in [-0.15, -0.1) is 0 Å². The zero-order valence-corrected chi connectivity index (χ0v) is 24.4. The van der Waals surface area contributed by atoms with Gasteiger partial charge in [-0.05, 0) is 12.8 Å². The highest BCUT2D eigenvalue weighted by Crippen LogP contribution is 2.13. The maximum Gasteiger partial charge on any atom is 0.303 e. The molecule has 0 amide bonds. The quantitative estimate of drug-likeness (QED) is 0.127. The van der Waals surface area contributed by atoms with Crippen molar-refractivity contribution in [1.82, 2.24) is 9.55 Å². The SMILES string of the molecule is CCCCCCCCCCCC(=O)O.CCCCCCCCCCCCCCCCCn1ccnc1. The van der Waals surface area contributed by atoms with Gasteiger partial charge in [-0.25, -0.2) is 4.98 Å². The first-order valence-electron chi connectivity index (χ1n) is 15.9. The molecule has 0 radical (unpaired) electrons. The fourth-order valence-corrected chi connectivity index (χ4v) is 4.67. The van der Waals surface area contributed by atoms with Gasteiger partial charge in [0, 0.05) is 25.4 Å². The normalized spacial score (nSPS) is 10.8. The van der Waals surface area contributed by atoms with Crippen LogP contribution in [0.1, 0.15) is 174 Å². The van der Waals surface area contributed by atoms with E-state index in [1.54, 1.807) is 0 Å². The molecule has 4 nitrogen and oxygen atoms in total. The minimum absolute atomic E-state index is 0.343. The molecule has 1 N–H and O–H groups in total. The topological polar surface area (TPSA) is 55.1 Å². The average molecular weight is 507 g/mol. The number of aliphatic carboxylic acids is 1. The Kier molecular flexibility index (Phi) is 28.8. The van der Waals surface area contributed by atoms with E-state index in [4.69, 9.17) is 5.11 Å². The van der Waals surface area contributed by atoms with E-state index < -0.39 is 5.97 Å². The maximum absolute atomic E-state index is 10.2. The van der Waals surface area contributed by atoms with E-state index in [-0.39, 0.29) is 0 Å². The lowest BCUT2D eigenvalue weighted by Crippen LogP contribution is -1.93. The zero-order valence-electron chi connectivity index (χ0n) is 24.4. The number of aryl methyl sites for hydroxylation is 1. The fraction of sp³-hybridized carbons (Fsp3) is 0.875. The van der Waals surface area contributed by atoms with E-state index in [1.807, 2.05) is 12.5 Å². The number of hydrogen-bond acceptors (Lipinski definition) is 2. The number of rotatable bonds is 26. The van der Waals surface area contributed by atoms with Gasteiger partial charge >= 0.3 is 5.97 Å². The molecule has 212 valence electrons. The van der Waals surface area contributed by atoms with Gasteiger partial charge in [0.2, 0.25) is 0 Å². The first-order chi connectivity index (χ1) is 17.7. The molecule has 0 bridgehead atoms. The summed E-state index contributed by atoms with van der Waals surface area (Å²) in [6.07, 6.45) is 38.8. The van der Waals surface area contributed by atoms with Crippen molar-refractivity contribution >= 4 is 5.97 Å². The van der Waals surface area contributed by atoms with Crippen LogP contribution in [0.15, 0.2) is 18.7 Å². The third-order valence-corrected chi connectivity index (χ3v) is 7.07. The van der Waals surface area contributed by atoms with Gasteiger partial charge in [0.1, 0.15) is 0 Å². The number of nitrogens with zero attached hydrogens (tertiary/aromatic N) is 2. The lowest BCUT2D eigenvalue weighted by atomic mass is 10.0. The molecular formula is C32H62N2O2. The van der Waals surface area contributed by atoms with Crippen molar-refractivity contribution in [2.75, 3.05) is 0 Å². The molecule has 0 aromatic carbocycles. The molecule has 1 aromatic heterocycles. The molecule has 0 aliphatic heterocycles. The van der Waals surface area contributed by atoms with Crippen LogP contribution < -0.4 is 0 Å². The number of unbranched alkanes of at least 4 members (excludes halogenated alkanes) is 22. The Morgan fingerprint density at radius 1 is 0.583 bits per heavy atom.